The highest BCUT2D eigenvalue weighted by atomic mass is 19.1. The third-order valence-electron chi connectivity index (χ3n) is 7.89. The van der Waals surface area contributed by atoms with E-state index in [1.165, 1.54) is 13.2 Å². The van der Waals surface area contributed by atoms with Gasteiger partial charge < -0.3 is 41.6 Å². The van der Waals surface area contributed by atoms with E-state index in [0.29, 0.717) is 73.0 Å². The standard InChI is InChI=1S/C27H35FN10O3/c1-31-26-35-19(12-21(36-26)38-11-8-27(15-38,41-2)25(30)40)20-14-32-23(33-20)24(39)34-18-5-3-4-17(28)22(18)37-9-6-16(13-29)7-10-37/h3-5,12,14,16H,6-11,13,15,29H2,1-2H3,(H2,30,40)(H,32,33)(H,34,39)(H,31,35,36). The summed E-state index contributed by atoms with van der Waals surface area (Å²) >= 11 is 0. The van der Waals surface area contributed by atoms with Gasteiger partial charge in [0.1, 0.15) is 17.3 Å². The monoisotopic (exact) mass is 566 g/mol. The Morgan fingerprint density at radius 1 is 1.17 bits per heavy atom. The fraction of sp³-hybridized carbons (Fsp3) is 0.444. The fourth-order valence-corrected chi connectivity index (χ4v) is 5.37. The summed E-state index contributed by atoms with van der Waals surface area (Å²) in [5, 5.41) is 5.74. The molecule has 0 radical (unpaired) electrons. The molecule has 2 fully saturated rings. The molecule has 0 aliphatic carbocycles. The van der Waals surface area contributed by atoms with E-state index in [1.807, 2.05) is 9.80 Å². The van der Waals surface area contributed by atoms with E-state index in [4.69, 9.17) is 16.2 Å². The van der Waals surface area contributed by atoms with Crippen molar-refractivity contribution in [2.24, 2.45) is 17.4 Å². The molecule has 13 nitrogen and oxygen atoms in total. The Hall–Kier alpha value is -4.30. The number of H-pyrrole nitrogens is 1. The molecule has 5 rings (SSSR count). The van der Waals surface area contributed by atoms with E-state index in [-0.39, 0.29) is 12.4 Å². The highest BCUT2D eigenvalue weighted by Gasteiger charge is 2.44. The zero-order valence-corrected chi connectivity index (χ0v) is 23.1. The second-order valence-electron chi connectivity index (χ2n) is 10.3. The number of nitrogens with zero attached hydrogens (tertiary/aromatic N) is 5. The van der Waals surface area contributed by atoms with Gasteiger partial charge in [-0.1, -0.05) is 6.07 Å². The molecule has 0 spiro atoms. The number of amides is 2. The Morgan fingerprint density at radius 3 is 2.61 bits per heavy atom. The normalized spacial score (nSPS) is 19.4. The van der Waals surface area contributed by atoms with Gasteiger partial charge >= 0.3 is 0 Å². The molecule has 1 aromatic carbocycles. The Labute approximate surface area is 236 Å². The molecule has 0 bridgehead atoms. The van der Waals surface area contributed by atoms with Crippen LogP contribution in [-0.2, 0) is 9.53 Å². The van der Waals surface area contributed by atoms with Crippen molar-refractivity contribution in [3.63, 3.8) is 0 Å². The molecule has 14 heteroatoms. The van der Waals surface area contributed by atoms with Crippen LogP contribution in [0.1, 0.15) is 29.9 Å². The van der Waals surface area contributed by atoms with Crippen LogP contribution in [-0.4, -0.2) is 84.2 Å². The van der Waals surface area contributed by atoms with Crippen molar-refractivity contribution in [2.75, 3.05) is 67.3 Å². The molecule has 2 amide bonds. The summed E-state index contributed by atoms with van der Waals surface area (Å²) in [4.78, 5) is 45.4. The lowest BCUT2D eigenvalue weighted by Crippen LogP contribution is -2.47. The van der Waals surface area contributed by atoms with Crippen LogP contribution in [0.3, 0.4) is 0 Å². The lowest BCUT2D eigenvalue weighted by molar-refractivity contribution is -0.137. The van der Waals surface area contributed by atoms with Crippen LogP contribution in [0.5, 0.6) is 0 Å². The highest BCUT2D eigenvalue weighted by Crippen LogP contribution is 2.33. The molecule has 4 heterocycles. The largest absolute Gasteiger partial charge is 0.367 e. The predicted octanol–water partition coefficient (Wildman–Crippen LogP) is 1.56. The van der Waals surface area contributed by atoms with Crippen LogP contribution in [0.25, 0.3) is 11.4 Å². The second-order valence-corrected chi connectivity index (χ2v) is 10.3. The minimum Gasteiger partial charge on any atom is -0.367 e. The summed E-state index contributed by atoms with van der Waals surface area (Å²) in [6, 6.07) is 6.34. The van der Waals surface area contributed by atoms with Crippen molar-refractivity contribution in [1.29, 1.82) is 0 Å². The maximum absolute atomic E-state index is 14.9. The van der Waals surface area contributed by atoms with Crippen molar-refractivity contribution in [2.45, 2.75) is 24.9 Å². The summed E-state index contributed by atoms with van der Waals surface area (Å²) in [5.41, 5.74) is 11.9. The van der Waals surface area contributed by atoms with Crippen molar-refractivity contribution in [3.05, 3.63) is 42.1 Å². The smallest absolute Gasteiger partial charge is 0.291 e. The third-order valence-corrected chi connectivity index (χ3v) is 7.89. The van der Waals surface area contributed by atoms with E-state index in [9.17, 15) is 14.0 Å². The Bertz CT molecular complexity index is 1420. The van der Waals surface area contributed by atoms with Gasteiger partial charge in [-0.2, -0.15) is 4.98 Å². The number of nitrogens with two attached hydrogens (primary N) is 2. The first kappa shape index (κ1) is 28.2. The average molecular weight is 567 g/mol. The number of carbonyl (C=O) groups excluding carboxylic acids is 2. The molecule has 2 aliphatic rings. The number of imidazole rings is 1. The second kappa shape index (κ2) is 11.7. The molecule has 3 aromatic rings. The summed E-state index contributed by atoms with van der Waals surface area (Å²) in [6.45, 7) is 2.67. The average Bonchev–Trinajstić information content (AvgIpc) is 3.66. The summed E-state index contributed by atoms with van der Waals surface area (Å²) in [6.07, 6.45) is 3.72. The van der Waals surface area contributed by atoms with Crippen LogP contribution in [0.4, 0.5) is 27.5 Å². The third kappa shape index (κ3) is 5.65. The number of carbonyl (C=O) groups is 2. The van der Waals surface area contributed by atoms with E-state index < -0.39 is 23.2 Å². The molecular formula is C27H35FN10O3. The number of hydrogen-bond donors (Lipinski definition) is 5. The number of benzene rings is 1. The maximum atomic E-state index is 14.9. The van der Waals surface area contributed by atoms with Gasteiger partial charge in [0.15, 0.2) is 11.4 Å². The highest BCUT2D eigenvalue weighted by molar-refractivity contribution is 6.04. The number of aromatic nitrogens is 4. The molecule has 7 N–H and O–H groups in total. The molecule has 218 valence electrons. The van der Waals surface area contributed by atoms with Gasteiger partial charge in [-0.15, -0.1) is 0 Å². The maximum Gasteiger partial charge on any atom is 0.291 e. The van der Waals surface area contributed by atoms with Gasteiger partial charge in [-0.25, -0.2) is 14.4 Å². The number of primary amides is 1. The van der Waals surface area contributed by atoms with Crippen LogP contribution in [0, 0.1) is 11.7 Å². The minimum absolute atomic E-state index is 0.0384. The number of piperidine rings is 1. The van der Waals surface area contributed by atoms with Crippen molar-refractivity contribution < 1.29 is 18.7 Å². The SMILES string of the molecule is CNc1nc(-c2c[nH]c(C(=O)Nc3cccc(F)c3N3CCC(CN)CC3)n2)cc(N2CCC(OC)(C(N)=O)C2)n1. The first-order valence-corrected chi connectivity index (χ1v) is 13.5. The van der Waals surface area contributed by atoms with Gasteiger partial charge in [0.05, 0.1) is 23.6 Å². The topological polar surface area (TPSA) is 180 Å². The quantitative estimate of drug-likeness (QED) is 0.255. The lowest BCUT2D eigenvalue weighted by atomic mass is 9.96. The number of nitrogens with one attached hydrogen (secondary N) is 3. The fourth-order valence-electron chi connectivity index (χ4n) is 5.37. The Kier molecular flexibility index (Phi) is 8.03. The zero-order valence-electron chi connectivity index (χ0n) is 23.1. The van der Waals surface area contributed by atoms with Crippen molar-refractivity contribution in [1.82, 2.24) is 19.9 Å². The van der Waals surface area contributed by atoms with E-state index in [2.05, 4.69) is 30.6 Å². The van der Waals surface area contributed by atoms with E-state index >= 15 is 0 Å². The summed E-state index contributed by atoms with van der Waals surface area (Å²) in [5.74, 6) is -0.113. The zero-order chi connectivity index (χ0) is 29.1. The number of rotatable bonds is 9. The number of anilines is 4. The van der Waals surface area contributed by atoms with Crippen LogP contribution in [0.2, 0.25) is 0 Å². The van der Waals surface area contributed by atoms with Gasteiger partial charge in [0.25, 0.3) is 11.8 Å². The predicted molar refractivity (Wildman–Crippen MR) is 153 cm³/mol. The Morgan fingerprint density at radius 2 is 1.95 bits per heavy atom. The van der Waals surface area contributed by atoms with E-state index in [1.54, 1.807) is 31.4 Å². The molecule has 41 heavy (non-hydrogen) atoms. The number of methoxy groups -OCH3 is 1. The number of ether oxygens (including phenoxy) is 1. The van der Waals surface area contributed by atoms with E-state index in [0.717, 1.165) is 12.8 Å². The minimum atomic E-state index is -1.10. The van der Waals surface area contributed by atoms with Crippen LogP contribution >= 0.6 is 0 Å². The number of halogens is 1. The first-order valence-electron chi connectivity index (χ1n) is 13.5. The molecular weight excluding hydrogens is 531 g/mol. The molecule has 2 aromatic heterocycles. The summed E-state index contributed by atoms with van der Waals surface area (Å²) < 4.78 is 20.4. The van der Waals surface area contributed by atoms with Crippen molar-refractivity contribution >= 4 is 35.0 Å². The number of para-hydroxylation sites is 1. The first-order chi connectivity index (χ1) is 19.8. The number of hydrogen-bond acceptors (Lipinski definition) is 10. The summed E-state index contributed by atoms with van der Waals surface area (Å²) in [7, 11) is 3.15. The molecule has 1 unspecified atom stereocenters. The van der Waals surface area contributed by atoms with Gasteiger partial charge in [-0.3, -0.25) is 9.59 Å². The van der Waals surface area contributed by atoms with Crippen molar-refractivity contribution in [3.8, 4) is 11.4 Å². The van der Waals surface area contributed by atoms with Gasteiger partial charge in [0, 0.05) is 52.5 Å². The Balaban J connectivity index is 1.36. The van der Waals surface area contributed by atoms with Gasteiger partial charge in [0.2, 0.25) is 5.95 Å². The molecule has 2 aliphatic heterocycles. The lowest BCUT2D eigenvalue weighted by Gasteiger charge is -2.34. The van der Waals surface area contributed by atoms with Gasteiger partial charge in [-0.05, 0) is 37.4 Å². The molecule has 2 saturated heterocycles. The number of aromatic amines is 1. The van der Waals surface area contributed by atoms with Crippen LogP contribution in [0.15, 0.2) is 30.5 Å². The molecule has 1 atom stereocenters. The van der Waals surface area contributed by atoms with Crippen LogP contribution < -0.4 is 31.9 Å². The molecule has 0 saturated carbocycles.